The minimum absolute atomic E-state index is 0.0558. The lowest BCUT2D eigenvalue weighted by Gasteiger charge is -2.22. The monoisotopic (exact) mass is 274 g/mol. The van der Waals surface area contributed by atoms with Crippen LogP contribution in [-0.4, -0.2) is 5.11 Å². The molecule has 0 aliphatic rings. The number of hydrogen-bond acceptors (Lipinski definition) is 1. The summed E-state index contributed by atoms with van der Waals surface area (Å²) in [7, 11) is 0. The molecule has 0 heterocycles. The van der Waals surface area contributed by atoms with Crippen LogP contribution < -0.4 is 0 Å². The summed E-state index contributed by atoms with van der Waals surface area (Å²) >= 11 is 3.11. The van der Waals surface area contributed by atoms with Gasteiger partial charge in [-0.15, -0.1) is 0 Å². The first-order valence-corrected chi connectivity index (χ1v) is 5.72. The van der Waals surface area contributed by atoms with E-state index >= 15 is 0 Å². The number of benzene rings is 1. The van der Waals surface area contributed by atoms with Crippen LogP contribution in [0.3, 0.4) is 0 Å². The molecule has 0 spiro atoms. The molecule has 0 fully saturated rings. The zero-order chi connectivity index (χ0) is 11.6. The molecule has 1 nitrogen and oxygen atoms in total. The SMILES string of the molecule is CC(C)(C)CC(O)c1ccc(F)c(Br)c1. The summed E-state index contributed by atoms with van der Waals surface area (Å²) in [6.07, 6.45) is 0.118. The first-order chi connectivity index (χ1) is 6.79. The number of aliphatic hydroxyl groups is 1. The van der Waals surface area contributed by atoms with Crippen molar-refractivity contribution in [2.24, 2.45) is 5.41 Å². The summed E-state index contributed by atoms with van der Waals surface area (Å²) in [4.78, 5) is 0. The minimum atomic E-state index is -0.540. The second kappa shape index (κ2) is 4.62. The van der Waals surface area contributed by atoms with E-state index in [0.717, 1.165) is 5.56 Å². The van der Waals surface area contributed by atoms with E-state index in [1.165, 1.54) is 6.07 Å². The summed E-state index contributed by atoms with van der Waals surface area (Å²) < 4.78 is 13.4. The van der Waals surface area contributed by atoms with Gasteiger partial charge in [-0.1, -0.05) is 26.8 Å². The normalized spacial score (nSPS) is 14.0. The van der Waals surface area contributed by atoms with Crippen molar-refractivity contribution in [2.75, 3.05) is 0 Å². The lowest BCUT2D eigenvalue weighted by Crippen LogP contribution is -2.11. The molecule has 0 amide bonds. The molecule has 1 aromatic rings. The lowest BCUT2D eigenvalue weighted by atomic mass is 9.87. The van der Waals surface area contributed by atoms with Gasteiger partial charge < -0.3 is 5.11 Å². The van der Waals surface area contributed by atoms with Crippen LogP contribution in [0.15, 0.2) is 22.7 Å². The Kier molecular flexibility index (Phi) is 3.90. The van der Waals surface area contributed by atoms with E-state index in [2.05, 4.69) is 36.7 Å². The van der Waals surface area contributed by atoms with Gasteiger partial charge in [0, 0.05) is 0 Å². The molecule has 0 aromatic heterocycles. The predicted molar refractivity (Wildman–Crippen MR) is 63.1 cm³/mol. The predicted octanol–water partition coefficient (Wildman–Crippen LogP) is 4.06. The van der Waals surface area contributed by atoms with Gasteiger partial charge in [0.2, 0.25) is 0 Å². The summed E-state index contributed by atoms with van der Waals surface area (Å²) in [6.45, 7) is 6.19. The molecule has 15 heavy (non-hydrogen) atoms. The second-order valence-electron chi connectivity index (χ2n) is 4.95. The molecule has 1 atom stereocenters. The molecule has 84 valence electrons. The first kappa shape index (κ1) is 12.7. The van der Waals surface area contributed by atoms with E-state index < -0.39 is 6.10 Å². The van der Waals surface area contributed by atoms with E-state index in [0.29, 0.717) is 10.9 Å². The van der Waals surface area contributed by atoms with Crippen molar-refractivity contribution in [1.82, 2.24) is 0 Å². The third-order valence-electron chi connectivity index (χ3n) is 2.13. The number of rotatable bonds is 2. The van der Waals surface area contributed by atoms with Gasteiger partial charge in [0.05, 0.1) is 10.6 Å². The molecule has 0 aliphatic carbocycles. The maximum absolute atomic E-state index is 13.0. The summed E-state index contributed by atoms with van der Waals surface area (Å²) in [5.41, 5.74) is 0.804. The highest BCUT2D eigenvalue weighted by Gasteiger charge is 2.18. The average molecular weight is 275 g/mol. The maximum atomic E-state index is 13.0. The van der Waals surface area contributed by atoms with E-state index in [-0.39, 0.29) is 11.2 Å². The van der Waals surface area contributed by atoms with Crippen molar-refractivity contribution < 1.29 is 9.50 Å². The molecule has 0 aliphatic heterocycles. The molecule has 0 radical (unpaired) electrons. The molecule has 0 bridgehead atoms. The van der Waals surface area contributed by atoms with Crippen LogP contribution in [-0.2, 0) is 0 Å². The Balaban J connectivity index is 2.83. The van der Waals surface area contributed by atoms with Gasteiger partial charge in [-0.3, -0.25) is 0 Å². The Morgan fingerprint density at radius 2 is 2.00 bits per heavy atom. The van der Waals surface area contributed by atoms with Crippen molar-refractivity contribution >= 4 is 15.9 Å². The van der Waals surface area contributed by atoms with Crippen molar-refractivity contribution in [3.05, 3.63) is 34.1 Å². The Bertz CT molecular complexity index is 344. The Morgan fingerprint density at radius 3 is 2.47 bits per heavy atom. The highest BCUT2D eigenvalue weighted by Crippen LogP contribution is 2.30. The Morgan fingerprint density at radius 1 is 1.40 bits per heavy atom. The Labute approximate surface area is 98.4 Å². The van der Waals surface area contributed by atoms with Gasteiger partial charge in [0.1, 0.15) is 5.82 Å². The summed E-state index contributed by atoms with van der Waals surface area (Å²) in [5.74, 6) is -0.304. The summed E-state index contributed by atoms with van der Waals surface area (Å²) in [5, 5.41) is 9.93. The quantitative estimate of drug-likeness (QED) is 0.863. The lowest BCUT2D eigenvalue weighted by molar-refractivity contribution is 0.122. The first-order valence-electron chi connectivity index (χ1n) is 4.92. The highest BCUT2D eigenvalue weighted by atomic mass is 79.9. The van der Waals surface area contributed by atoms with Crippen molar-refractivity contribution in [1.29, 1.82) is 0 Å². The Hall–Kier alpha value is -0.410. The van der Waals surface area contributed by atoms with Crippen LogP contribution in [0.25, 0.3) is 0 Å². The summed E-state index contributed by atoms with van der Waals surface area (Å²) in [6, 6.07) is 4.62. The van der Waals surface area contributed by atoms with Crippen LogP contribution in [0.1, 0.15) is 38.9 Å². The van der Waals surface area contributed by atoms with Gasteiger partial charge in [0.15, 0.2) is 0 Å². The van der Waals surface area contributed by atoms with Gasteiger partial charge in [0.25, 0.3) is 0 Å². The van der Waals surface area contributed by atoms with E-state index in [9.17, 15) is 9.50 Å². The largest absolute Gasteiger partial charge is 0.388 e. The van der Waals surface area contributed by atoms with Crippen molar-refractivity contribution in [2.45, 2.75) is 33.3 Å². The van der Waals surface area contributed by atoms with Crippen LogP contribution in [0, 0.1) is 11.2 Å². The van der Waals surface area contributed by atoms with Crippen LogP contribution in [0.5, 0.6) is 0 Å². The minimum Gasteiger partial charge on any atom is -0.388 e. The fraction of sp³-hybridized carbons (Fsp3) is 0.500. The maximum Gasteiger partial charge on any atom is 0.137 e. The third-order valence-corrected chi connectivity index (χ3v) is 2.74. The second-order valence-corrected chi connectivity index (χ2v) is 5.81. The zero-order valence-electron chi connectivity index (χ0n) is 9.22. The topological polar surface area (TPSA) is 20.2 Å². The average Bonchev–Trinajstić information content (AvgIpc) is 2.06. The van der Waals surface area contributed by atoms with E-state index in [1.807, 2.05) is 0 Å². The van der Waals surface area contributed by atoms with Crippen LogP contribution in [0.2, 0.25) is 0 Å². The van der Waals surface area contributed by atoms with E-state index in [4.69, 9.17) is 0 Å². The molecule has 0 saturated heterocycles. The van der Waals surface area contributed by atoms with Crippen LogP contribution >= 0.6 is 15.9 Å². The third kappa shape index (κ3) is 3.92. The van der Waals surface area contributed by atoms with Crippen molar-refractivity contribution in [3.8, 4) is 0 Å². The molecule has 3 heteroatoms. The zero-order valence-corrected chi connectivity index (χ0v) is 10.8. The molecule has 1 N–H and O–H groups in total. The molecule has 1 unspecified atom stereocenters. The molecular weight excluding hydrogens is 259 g/mol. The number of aliphatic hydroxyl groups excluding tert-OH is 1. The fourth-order valence-corrected chi connectivity index (χ4v) is 1.81. The molecule has 1 aromatic carbocycles. The molecule has 0 saturated carbocycles. The van der Waals surface area contributed by atoms with Crippen molar-refractivity contribution in [3.63, 3.8) is 0 Å². The van der Waals surface area contributed by atoms with Gasteiger partial charge in [-0.05, 0) is 45.5 Å². The fourth-order valence-electron chi connectivity index (χ4n) is 1.42. The number of hydrogen-bond donors (Lipinski definition) is 1. The van der Waals surface area contributed by atoms with Gasteiger partial charge >= 0.3 is 0 Å². The van der Waals surface area contributed by atoms with Crippen LogP contribution in [0.4, 0.5) is 4.39 Å². The standard InChI is InChI=1S/C12H16BrFO/c1-12(2,3)7-11(15)8-4-5-10(14)9(13)6-8/h4-6,11,15H,7H2,1-3H3. The smallest absolute Gasteiger partial charge is 0.137 e. The molecule has 1 rings (SSSR count). The number of halogens is 2. The van der Waals surface area contributed by atoms with Gasteiger partial charge in [-0.2, -0.15) is 0 Å². The van der Waals surface area contributed by atoms with E-state index in [1.54, 1.807) is 12.1 Å². The molecular formula is C12H16BrFO. The highest BCUT2D eigenvalue weighted by molar-refractivity contribution is 9.10. The van der Waals surface area contributed by atoms with Gasteiger partial charge in [-0.25, -0.2) is 4.39 Å².